The highest BCUT2D eigenvalue weighted by Crippen LogP contribution is 2.28. The molecule has 1 aliphatic rings. The molecule has 1 heterocycles. The average molecular weight is 353 g/mol. The highest BCUT2D eigenvalue weighted by Gasteiger charge is 2.27. The fourth-order valence-corrected chi connectivity index (χ4v) is 2.79. The van der Waals surface area contributed by atoms with Gasteiger partial charge in [-0.15, -0.1) is 0 Å². The molecule has 1 N–H and O–H groups in total. The number of hydrogen-bond donors (Lipinski definition) is 1. The van der Waals surface area contributed by atoms with Crippen molar-refractivity contribution in [3.8, 4) is 11.5 Å². The summed E-state index contributed by atoms with van der Waals surface area (Å²) in [7, 11) is 0. The van der Waals surface area contributed by atoms with E-state index < -0.39 is 0 Å². The first-order valence-electron chi connectivity index (χ1n) is 8.45. The van der Waals surface area contributed by atoms with Gasteiger partial charge < -0.3 is 9.47 Å². The molecule has 0 spiro atoms. The van der Waals surface area contributed by atoms with Crippen LogP contribution in [0.3, 0.4) is 0 Å². The van der Waals surface area contributed by atoms with Crippen molar-refractivity contribution in [3.63, 3.8) is 0 Å². The van der Waals surface area contributed by atoms with Gasteiger partial charge in [0.2, 0.25) is 11.8 Å². The summed E-state index contributed by atoms with van der Waals surface area (Å²) >= 11 is 0. The summed E-state index contributed by atoms with van der Waals surface area (Å²) in [5, 5.41) is 2.36. The quantitative estimate of drug-likeness (QED) is 0.659. The van der Waals surface area contributed by atoms with E-state index >= 15 is 0 Å². The summed E-state index contributed by atoms with van der Waals surface area (Å²) in [6.07, 6.45) is 0.863. The molecule has 2 amide bonds. The van der Waals surface area contributed by atoms with Crippen molar-refractivity contribution < 1.29 is 23.9 Å². The minimum absolute atomic E-state index is 0.225. The van der Waals surface area contributed by atoms with Crippen molar-refractivity contribution in [3.05, 3.63) is 59.7 Å². The van der Waals surface area contributed by atoms with Crippen LogP contribution < -0.4 is 10.1 Å². The summed E-state index contributed by atoms with van der Waals surface area (Å²) < 4.78 is 10.7. The fraction of sp³-hybridized carbons (Fsp3) is 0.250. The van der Waals surface area contributed by atoms with Crippen LogP contribution in [0.1, 0.15) is 41.6 Å². The largest absolute Gasteiger partial charge is 0.462 e. The molecule has 0 saturated carbocycles. The molecular formula is C20H19NO5. The normalized spacial score (nSPS) is 16.7. The van der Waals surface area contributed by atoms with Gasteiger partial charge in [0, 0.05) is 6.42 Å². The highest BCUT2D eigenvalue weighted by atomic mass is 16.5. The number of amides is 2. The van der Waals surface area contributed by atoms with E-state index in [0.29, 0.717) is 36.5 Å². The number of nitrogens with one attached hydrogen (secondary N) is 1. The zero-order valence-corrected chi connectivity index (χ0v) is 14.4. The maximum absolute atomic E-state index is 11.9. The van der Waals surface area contributed by atoms with Crippen LogP contribution in [0.2, 0.25) is 0 Å². The number of hydrogen-bond acceptors (Lipinski definition) is 5. The number of imide groups is 1. The predicted molar refractivity (Wildman–Crippen MR) is 94.0 cm³/mol. The van der Waals surface area contributed by atoms with Crippen molar-refractivity contribution in [2.45, 2.75) is 25.7 Å². The Kier molecular flexibility index (Phi) is 5.31. The van der Waals surface area contributed by atoms with Crippen LogP contribution in [0.15, 0.2) is 48.5 Å². The van der Waals surface area contributed by atoms with Crippen LogP contribution >= 0.6 is 0 Å². The van der Waals surface area contributed by atoms with E-state index in [1.807, 2.05) is 12.1 Å². The lowest BCUT2D eigenvalue weighted by Gasteiger charge is -2.21. The molecule has 1 atom stereocenters. The van der Waals surface area contributed by atoms with Crippen molar-refractivity contribution in [1.29, 1.82) is 0 Å². The van der Waals surface area contributed by atoms with Crippen molar-refractivity contribution in [1.82, 2.24) is 5.32 Å². The molecule has 1 aliphatic heterocycles. The maximum atomic E-state index is 11.9. The van der Waals surface area contributed by atoms with E-state index in [4.69, 9.17) is 9.47 Å². The van der Waals surface area contributed by atoms with Crippen LogP contribution in [-0.2, 0) is 14.3 Å². The number of carbonyl (C=O) groups excluding carboxylic acids is 3. The van der Waals surface area contributed by atoms with Gasteiger partial charge in [0.1, 0.15) is 11.5 Å². The molecule has 1 fully saturated rings. The molecule has 6 nitrogen and oxygen atoms in total. The zero-order valence-electron chi connectivity index (χ0n) is 14.4. The third-order valence-electron chi connectivity index (χ3n) is 4.12. The molecule has 2 aromatic rings. The van der Waals surface area contributed by atoms with E-state index in [1.54, 1.807) is 43.3 Å². The summed E-state index contributed by atoms with van der Waals surface area (Å²) in [5.41, 5.74) is 1.31. The van der Waals surface area contributed by atoms with Crippen LogP contribution in [-0.4, -0.2) is 24.4 Å². The standard InChI is InChI=1S/C20H19NO5/c1-2-25-20(24)14-5-9-16(10-6-14)26-15-7-3-13(4-8-15)17-11-12-18(22)21-19(17)23/h3-10,17H,2,11-12H2,1H3,(H,21,22,23). The van der Waals surface area contributed by atoms with Gasteiger partial charge in [-0.05, 0) is 55.3 Å². The monoisotopic (exact) mass is 353 g/mol. The van der Waals surface area contributed by atoms with Crippen molar-refractivity contribution >= 4 is 17.8 Å². The molecule has 0 aromatic heterocycles. The third-order valence-corrected chi connectivity index (χ3v) is 4.12. The van der Waals surface area contributed by atoms with Gasteiger partial charge in [-0.3, -0.25) is 14.9 Å². The Labute approximate surface area is 151 Å². The molecule has 0 aliphatic carbocycles. The number of carbonyl (C=O) groups is 3. The summed E-state index contributed by atoms with van der Waals surface area (Å²) in [6, 6.07) is 13.9. The molecule has 0 radical (unpaired) electrons. The van der Waals surface area contributed by atoms with Crippen molar-refractivity contribution in [2.24, 2.45) is 0 Å². The second kappa shape index (κ2) is 7.82. The lowest BCUT2D eigenvalue weighted by atomic mass is 9.90. The molecule has 1 unspecified atom stereocenters. The topological polar surface area (TPSA) is 81.7 Å². The minimum atomic E-state index is -0.368. The molecule has 2 aromatic carbocycles. The Morgan fingerprint density at radius 2 is 1.65 bits per heavy atom. The van der Waals surface area contributed by atoms with Crippen molar-refractivity contribution in [2.75, 3.05) is 6.61 Å². The molecule has 26 heavy (non-hydrogen) atoms. The van der Waals surface area contributed by atoms with Gasteiger partial charge in [-0.25, -0.2) is 4.79 Å². The Balaban J connectivity index is 1.65. The van der Waals surface area contributed by atoms with Gasteiger partial charge in [0.15, 0.2) is 0 Å². The third kappa shape index (κ3) is 4.08. The molecule has 6 heteroatoms. The summed E-state index contributed by atoms with van der Waals surface area (Å²) in [5.74, 6) is 0.0388. The van der Waals surface area contributed by atoms with E-state index in [9.17, 15) is 14.4 Å². The summed E-state index contributed by atoms with van der Waals surface area (Å²) in [4.78, 5) is 34.8. The van der Waals surface area contributed by atoms with Gasteiger partial charge >= 0.3 is 5.97 Å². The fourth-order valence-electron chi connectivity index (χ4n) is 2.79. The first kappa shape index (κ1) is 17.7. The van der Waals surface area contributed by atoms with Gasteiger partial charge in [0.05, 0.1) is 18.1 Å². The summed E-state index contributed by atoms with van der Waals surface area (Å²) in [6.45, 7) is 2.09. The Hall–Kier alpha value is -3.15. The van der Waals surface area contributed by atoms with E-state index in [1.165, 1.54) is 0 Å². The minimum Gasteiger partial charge on any atom is -0.462 e. The lowest BCUT2D eigenvalue weighted by Crippen LogP contribution is -2.39. The second-order valence-electron chi connectivity index (χ2n) is 5.92. The molecular weight excluding hydrogens is 334 g/mol. The molecule has 1 saturated heterocycles. The number of piperidine rings is 1. The van der Waals surface area contributed by atoms with Gasteiger partial charge in [-0.1, -0.05) is 12.1 Å². The smallest absolute Gasteiger partial charge is 0.338 e. The zero-order chi connectivity index (χ0) is 18.5. The number of esters is 1. The Morgan fingerprint density at radius 3 is 2.23 bits per heavy atom. The van der Waals surface area contributed by atoms with Crippen LogP contribution in [0.5, 0.6) is 11.5 Å². The highest BCUT2D eigenvalue weighted by molar-refractivity contribution is 6.00. The first-order valence-corrected chi connectivity index (χ1v) is 8.45. The van der Waals surface area contributed by atoms with Gasteiger partial charge in [-0.2, -0.15) is 0 Å². The maximum Gasteiger partial charge on any atom is 0.338 e. The van der Waals surface area contributed by atoms with E-state index in [0.717, 1.165) is 5.56 Å². The molecule has 0 bridgehead atoms. The Morgan fingerprint density at radius 1 is 1.04 bits per heavy atom. The first-order chi connectivity index (χ1) is 12.6. The van der Waals surface area contributed by atoms with Gasteiger partial charge in [0.25, 0.3) is 0 Å². The van der Waals surface area contributed by atoms with E-state index in [-0.39, 0.29) is 23.7 Å². The predicted octanol–water partition coefficient (Wildman–Crippen LogP) is 3.18. The van der Waals surface area contributed by atoms with Crippen LogP contribution in [0, 0.1) is 0 Å². The number of rotatable bonds is 5. The Bertz CT molecular complexity index is 811. The number of benzene rings is 2. The molecule has 134 valence electrons. The SMILES string of the molecule is CCOC(=O)c1ccc(Oc2ccc(C3CCC(=O)NC3=O)cc2)cc1. The van der Waals surface area contributed by atoms with Crippen LogP contribution in [0.4, 0.5) is 0 Å². The lowest BCUT2D eigenvalue weighted by molar-refractivity contribution is -0.134. The second-order valence-corrected chi connectivity index (χ2v) is 5.92. The average Bonchev–Trinajstić information content (AvgIpc) is 2.63. The van der Waals surface area contributed by atoms with E-state index in [2.05, 4.69) is 5.32 Å². The molecule has 3 rings (SSSR count). The van der Waals surface area contributed by atoms with Crippen LogP contribution in [0.25, 0.3) is 0 Å². The number of ether oxygens (including phenoxy) is 2.